The minimum absolute atomic E-state index is 0.0268. The fourth-order valence-electron chi connectivity index (χ4n) is 10.9. The number of fused-ring (bicyclic) bond motifs is 3. The third-order valence-electron chi connectivity index (χ3n) is 14.8. The third-order valence-corrected chi connectivity index (χ3v) is 14.8. The number of aromatic nitrogens is 5. The van der Waals surface area contributed by atoms with Gasteiger partial charge in [-0.15, -0.1) is 0 Å². The molecule has 6 aromatic rings. The molecule has 64 heavy (non-hydrogen) atoms. The molecule has 11 rings (SSSR count). The van der Waals surface area contributed by atoms with Gasteiger partial charge in [0.25, 0.3) is 0 Å². The molecule has 3 aromatic heterocycles. The first-order valence-electron chi connectivity index (χ1n) is 22.8. The highest BCUT2D eigenvalue weighted by atomic mass is 19.1. The van der Waals surface area contributed by atoms with E-state index < -0.39 is 17.6 Å². The fraction of sp³-hybridized carbons (Fsp3) is 0.469. The molecule has 4 aliphatic heterocycles. The smallest absolute Gasteiger partial charge is 0.319 e. The quantitative estimate of drug-likeness (QED) is 0.131. The normalized spacial score (nSPS) is 22.7. The van der Waals surface area contributed by atoms with Crippen molar-refractivity contribution in [3.63, 3.8) is 0 Å². The van der Waals surface area contributed by atoms with Crippen molar-refractivity contribution in [3.8, 4) is 23.0 Å². The molecule has 1 spiro atoms. The van der Waals surface area contributed by atoms with E-state index in [1.165, 1.54) is 17.7 Å². The molecule has 0 radical (unpaired) electrons. The number of aromatic hydroxyl groups is 1. The van der Waals surface area contributed by atoms with Crippen LogP contribution in [0.2, 0.25) is 0 Å². The van der Waals surface area contributed by atoms with Crippen LogP contribution in [0.25, 0.3) is 43.8 Å². The molecule has 7 heterocycles. The van der Waals surface area contributed by atoms with E-state index in [1.807, 2.05) is 18.7 Å². The lowest BCUT2D eigenvalue weighted by molar-refractivity contribution is -0.151. The molecule has 2 N–H and O–H groups in total. The molecule has 3 aromatic carbocycles. The van der Waals surface area contributed by atoms with E-state index in [1.54, 1.807) is 18.3 Å². The van der Waals surface area contributed by atoms with Crippen LogP contribution in [0.4, 0.5) is 14.6 Å². The number of nitrogens with one attached hydrogen (secondary N) is 1. The van der Waals surface area contributed by atoms with Crippen molar-refractivity contribution in [1.29, 1.82) is 0 Å². The Morgan fingerprint density at radius 1 is 0.984 bits per heavy atom. The molecule has 332 valence electrons. The van der Waals surface area contributed by atoms with E-state index >= 15 is 8.78 Å². The molecule has 2 atom stereocenters. The van der Waals surface area contributed by atoms with Crippen molar-refractivity contribution in [2.75, 3.05) is 50.8 Å². The number of piperidine rings is 3. The number of phenolic OH excluding ortho intramolecular Hbond substituents is 1. The van der Waals surface area contributed by atoms with Gasteiger partial charge >= 0.3 is 6.01 Å². The minimum Gasteiger partial charge on any atom is -0.508 e. The van der Waals surface area contributed by atoms with Crippen molar-refractivity contribution >= 4 is 50.2 Å². The topological polar surface area (TPSA) is 148 Å². The number of carbonyl (C=O) groups excluding carboxylic acids is 2. The Morgan fingerprint density at radius 3 is 2.56 bits per heavy atom. The number of carbonyl (C=O) groups is 2. The van der Waals surface area contributed by atoms with Crippen molar-refractivity contribution in [1.82, 2.24) is 34.9 Å². The Hall–Kier alpha value is -5.80. The second-order valence-corrected chi connectivity index (χ2v) is 18.9. The van der Waals surface area contributed by atoms with Gasteiger partial charge in [-0.05, 0) is 117 Å². The highest BCUT2D eigenvalue weighted by Gasteiger charge is 2.46. The largest absolute Gasteiger partial charge is 0.508 e. The first kappa shape index (κ1) is 40.9. The lowest BCUT2D eigenvalue weighted by Crippen LogP contribution is -2.56. The SMILES string of the molecule is CCc1c(F)ccc2cc(O)cc(-c3ncc4c(N5CCC[C@]6(CCO6)C5)nc(OCC5(CN6CCC(c7ccc8c(C9CCC(=O)NC9=O)nn(C)c8c7)CC6)CC5)nc4c3F)c12. The summed E-state index contributed by atoms with van der Waals surface area (Å²) in [7, 11) is 1.91. The molecule has 1 aliphatic carbocycles. The molecule has 13 nitrogen and oxygen atoms in total. The number of ether oxygens (including phenoxy) is 2. The van der Waals surface area contributed by atoms with Gasteiger partial charge in [-0.1, -0.05) is 25.1 Å². The number of imide groups is 1. The van der Waals surface area contributed by atoms with E-state index in [9.17, 15) is 14.7 Å². The molecule has 5 fully saturated rings. The number of rotatable bonds is 10. The van der Waals surface area contributed by atoms with Gasteiger partial charge in [-0.25, -0.2) is 8.78 Å². The predicted octanol–water partition coefficient (Wildman–Crippen LogP) is 7.60. The average Bonchev–Trinajstić information content (AvgIpc) is 3.98. The van der Waals surface area contributed by atoms with Crippen molar-refractivity contribution < 1.29 is 33.0 Å². The lowest BCUT2D eigenvalue weighted by atomic mass is 9.86. The molecule has 0 bridgehead atoms. The number of anilines is 1. The van der Waals surface area contributed by atoms with Gasteiger partial charge in [0.2, 0.25) is 11.8 Å². The molecule has 5 aliphatic rings. The van der Waals surface area contributed by atoms with Crippen LogP contribution in [0, 0.1) is 17.0 Å². The predicted molar refractivity (Wildman–Crippen MR) is 237 cm³/mol. The second kappa shape index (κ2) is 15.7. The molecule has 4 saturated heterocycles. The van der Waals surface area contributed by atoms with Crippen LogP contribution >= 0.6 is 0 Å². The van der Waals surface area contributed by atoms with E-state index in [0.29, 0.717) is 71.4 Å². The van der Waals surface area contributed by atoms with E-state index in [-0.39, 0.29) is 45.8 Å². The summed E-state index contributed by atoms with van der Waals surface area (Å²) >= 11 is 0. The van der Waals surface area contributed by atoms with Crippen LogP contribution in [0.1, 0.15) is 93.4 Å². The number of hydrogen-bond donors (Lipinski definition) is 2. The maximum Gasteiger partial charge on any atom is 0.319 e. The zero-order chi connectivity index (χ0) is 43.9. The molecular weight excluding hydrogens is 819 g/mol. The zero-order valence-corrected chi connectivity index (χ0v) is 36.3. The van der Waals surface area contributed by atoms with Gasteiger partial charge in [0.1, 0.15) is 28.6 Å². The summed E-state index contributed by atoms with van der Waals surface area (Å²) in [5.74, 6) is -1.15. The summed E-state index contributed by atoms with van der Waals surface area (Å²) in [6, 6.07) is 12.5. The summed E-state index contributed by atoms with van der Waals surface area (Å²) < 4.78 is 46.8. The van der Waals surface area contributed by atoms with Crippen LogP contribution < -0.4 is 15.0 Å². The van der Waals surface area contributed by atoms with Gasteiger partial charge < -0.3 is 24.4 Å². The number of benzene rings is 3. The number of phenols is 1. The Kier molecular flexibility index (Phi) is 10.1. The summed E-state index contributed by atoms with van der Waals surface area (Å²) in [5.41, 5.74) is 3.43. The van der Waals surface area contributed by atoms with Crippen molar-refractivity contribution in [3.05, 3.63) is 77.1 Å². The summed E-state index contributed by atoms with van der Waals surface area (Å²) in [4.78, 5) is 43.5. The first-order chi connectivity index (χ1) is 31.0. The Labute approximate surface area is 369 Å². The van der Waals surface area contributed by atoms with Crippen LogP contribution in [0.3, 0.4) is 0 Å². The monoisotopic (exact) mass is 870 g/mol. The minimum atomic E-state index is -0.683. The van der Waals surface area contributed by atoms with E-state index in [2.05, 4.69) is 38.3 Å². The number of pyridine rings is 1. The Morgan fingerprint density at radius 2 is 1.81 bits per heavy atom. The highest BCUT2D eigenvalue weighted by Crippen LogP contribution is 2.48. The van der Waals surface area contributed by atoms with Gasteiger partial charge in [0, 0.05) is 62.1 Å². The molecular formula is C49H52F2N8O5. The van der Waals surface area contributed by atoms with Gasteiger partial charge in [-0.3, -0.25) is 24.6 Å². The van der Waals surface area contributed by atoms with E-state index in [0.717, 1.165) is 94.3 Å². The Balaban J connectivity index is 0.831. The van der Waals surface area contributed by atoms with Crippen LogP contribution in [-0.2, 0) is 27.8 Å². The van der Waals surface area contributed by atoms with Crippen LogP contribution in [-0.4, -0.2) is 98.1 Å². The zero-order valence-electron chi connectivity index (χ0n) is 36.3. The maximum absolute atomic E-state index is 17.2. The van der Waals surface area contributed by atoms with Gasteiger partial charge in [-0.2, -0.15) is 15.1 Å². The highest BCUT2D eigenvalue weighted by molar-refractivity contribution is 6.03. The molecule has 1 unspecified atom stereocenters. The average molecular weight is 871 g/mol. The lowest BCUT2D eigenvalue weighted by Gasteiger charge is -2.48. The number of hydrogen-bond acceptors (Lipinski definition) is 11. The summed E-state index contributed by atoms with van der Waals surface area (Å²) in [5, 5.41) is 20.5. The van der Waals surface area contributed by atoms with Crippen molar-refractivity contribution in [2.45, 2.75) is 88.6 Å². The van der Waals surface area contributed by atoms with E-state index in [4.69, 9.17) is 24.5 Å². The van der Waals surface area contributed by atoms with Gasteiger partial charge in [0.05, 0.1) is 41.3 Å². The number of halogens is 2. The number of nitrogens with zero attached hydrogens (tertiary/aromatic N) is 7. The number of likely N-dealkylation sites (tertiary alicyclic amines) is 1. The van der Waals surface area contributed by atoms with Crippen LogP contribution in [0.5, 0.6) is 11.8 Å². The number of aryl methyl sites for hydroxylation is 2. The maximum atomic E-state index is 17.2. The fourth-order valence-corrected chi connectivity index (χ4v) is 10.9. The standard InChI is InChI=1S/C49H52F2N8O5/c1-3-32-37(50)9-6-30-21-31(60)23-35(40(30)32)43-41(51)44-36(24-52-43)45(59-17-4-13-49(26-59)16-20-64-49)55-47(54-44)63-27-48(14-15-48)25-58-18-11-28(12-19-58)29-5-7-33-38(22-29)57(2)56-42(33)34-8-10-39(61)53-46(34)62/h5-7,9,21-24,28,34,60H,3-4,8,10-20,25-27H2,1-2H3,(H,53,61,62)/t34?,49-/m0/s1. The first-order valence-corrected chi connectivity index (χ1v) is 22.8. The second-order valence-electron chi connectivity index (χ2n) is 18.9. The molecule has 1 saturated carbocycles. The summed E-state index contributed by atoms with van der Waals surface area (Å²) in [6.45, 7) is 7.08. The van der Waals surface area contributed by atoms with Gasteiger partial charge in [0.15, 0.2) is 5.82 Å². The number of amides is 2. The van der Waals surface area contributed by atoms with Crippen LogP contribution in [0.15, 0.2) is 48.7 Å². The van der Waals surface area contributed by atoms with Crippen molar-refractivity contribution in [2.24, 2.45) is 12.5 Å². The molecule has 2 amide bonds. The summed E-state index contributed by atoms with van der Waals surface area (Å²) in [6.07, 6.45) is 9.60. The third kappa shape index (κ3) is 7.20. The molecule has 15 heteroatoms. The Bertz CT molecular complexity index is 2870.